The second-order valence-electron chi connectivity index (χ2n) is 6.74. The normalized spacial score (nSPS) is 10.7. The number of hydrogen-bond acceptors (Lipinski definition) is 7. The molecule has 0 spiro atoms. The molecule has 2 aromatic carbocycles. The minimum absolute atomic E-state index is 0.239. The van der Waals surface area contributed by atoms with Crippen LogP contribution in [0.5, 0.6) is 0 Å². The number of aromatic nitrogens is 1. The first kappa shape index (κ1) is 22.5. The van der Waals surface area contributed by atoms with Crippen LogP contribution in [0.1, 0.15) is 34.6 Å². The van der Waals surface area contributed by atoms with E-state index in [1.54, 1.807) is 42.6 Å². The molecule has 0 fully saturated rings. The van der Waals surface area contributed by atoms with Gasteiger partial charge in [-0.15, -0.1) is 11.3 Å². The number of ether oxygens (including phenoxy) is 1. The van der Waals surface area contributed by atoms with Crippen molar-refractivity contribution in [2.24, 2.45) is 0 Å². The molecule has 0 unspecified atom stereocenters. The zero-order chi connectivity index (χ0) is 22.1. The highest BCUT2D eigenvalue weighted by molar-refractivity contribution is 7.13. The van der Waals surface area contributed by atoms with Crippen LogP contribution >= 0.6 is 11.3 Å². The van der Waals surface area contributed by atoms with Crippen LogP contribution in [0.3, 0.4) is 0 Å². The molecule has 2 N–H and O–H groups in total. The van der Waals surface area contributed by atoms with Crippen molar-refractivity contribution in [3.63, 3.8) is 0 Å². The topological polar surface area (TPSA) is 83.6 Å². The van der Waals surface area contributed by atoms with Crippen LogP contribution in [0.2, 0.25) is 0 Å². The molecule has 3 aromatic rings. The van der Waals surface area contributed by atoms with Crippen molar-refractivity contribution < 1.29 is 14.3 Å². The number of nitrogens with one attached hydrogen (secondary N) is 2. The Morgan fingerprint density at radius 2 is 1.81 bits per heavy atom. The fourth-order valence-corrected chi connectivity index (χ4v) is 3.48. The number of hydrogen-bond donors (Lipinski definition) is 2. The smallest absolute Gasteiger partial charge is 0.338 e. The van der Waals surface area contributed by atoms with Gasteiger partial charge in [0, 0.05) is 35.1 Å². The van der Waals surface area contributed by atoms with E-state index < -0.39 is 0 Å². The first-order valence-electron chi connectivity index (χ1n) is 10.2. The first-order chi connectivity index (χ1) is 15.1. The summed E-state index contributed by atoms with van der Waals surface area (Å²) in [7, 11) is 0. The van der Waals surface area contributed by atoms with Crippen molar-refractivity contribution in [1.29, 1.82) is 0 Å². The maximum atomic E-state index is 12.6. The van der Waals surface area contributed by atoms with Crippen LogP contribution in [0.25, 0.3) is 0 Å². The standard InChI is InChI=1S/C23H26N4O3S/c1-3-27(4-2)13-14-30-22(29)17-8-10-19(11-9-17)25-21(28)18-6-5-7-20(16-18)26-23-24-12-15-31-23/h5-12,15-16H,3-4,13-14H2,1-2H3,(H,24,26)(H,25,28). The molecular formula is C23H26N4O3S. The number of likely N-dealkylation sites (N-methyl/N-ethyl adjacent to an activating group) is 1. The molecule has 31 heavy (non-hydrogen) atoms. The fraction of sp³-hybridized carbons (Fsp3) is 0.261. The van der Waals surface area contributed by atoms with Gasteiger partial charge in [-0.2, -0.15) is 0 Å². The molecule has 0 radical (unpaired) electrons. The van der Waals surface area contributed by atoms with Gasteiger partial charge < -0.3 is 20.3 Å². The molecular weight excluding hydrogens is 412 g/mol. The Morgan fingerprint density at radius 3 is 2.48 bits per heavy atom. The molecule has 0 bridgehead atoms. The summed E-state index contributed by atoms with van der Waals surface area (Å²) in [5.41, 5.74) is 2.35. The van der Waals surface area contributed by atoms with E-state index in [4.69, 9.17) is 4.74 Å². The predicted molar refractivity (Wildman–Crippen MR) is 124 cm³/mol. The van der Waals surface area contributed by atoms with Crippen molar-refractivity contribution in [3.8, 4) is 0 Å². The molecule has 0 aliphatic rings. The van der Waals surface area contributed by atoms with Gasteiger partial charge in [0.15, 0.2) is 5.13 Å². The van der Waals surface area contributed by atoms with E-state index in [-0.39, 0.29) is 11.9 Å². The zero-order valence-corrected chi connectivity index (χ0v) is 18.4. The molecule has 1 heterocycles. The lowest BCUT2D eigenvalue weighted by atomic mass is 10.1. The summed E-state index contributed by atoms with van der Waals surface area (Å²) in [5, 5.41) is 8.65. The summed E-state index contributed by atoms with van der Waals surface area (Å²) in [5.74, 6) is -0.608. The molecule has 3 rings (SSSR count). The fourth-order valence-electron chi connectivity index (χ4n) is 2.93. The average Bonchev–Trinajstić information content (AvgIpc) is 3.30. The van der Waals surface area contributed by atoms with Crippen LogP contribution in [-0.2, 0) is 4.74 Å². The Hall–Kier alpha value is -3.23. The molecule has 0 aliphatic carbocycles. The highest BCUT2D eigenvalue weighted by Crippen LogP contribution is 2.20. The molecule has 0 saturated heterocycles. The van der Waals surface area contributed by atoms with Gasteiger partial charge in [0.25, 0.3) is 5.91 Å². The number of benzene rings is 2. The predicted octanol–water partition coefficient (Wildman–Crippen LogP) is 4.64. The Kier molecular flexibility index (Phi) is 8.14. The van der Waals surface area contributed by atoms with Crippen LogP contribution in [0, 0.1) is 0 Å². The highest BCUT2D eigenvalue weighted by Gasteiger charge is 2.11. The molecule has 1 aromatic heterocycles. The van der Waals surface area contributed by atoms with Gasteiger partial charge in [-0.25, -0.2) is 9.78 Å². The maximum Gasteiger partial charge on any atom is 0.338 e. The second kappa shape index (κ2) is 11.2. The van der Waals surface area contributed by atoms with Crippen molar-refractivity contribution in [2.45, 2.75) is 13.8 Å². The molecule has 0 aliphatic heterocycles. The summed E-state index contributed by atoms with van der Waals surface area (Å²) >= 11 is 1.48. The number of rotatable bonds is 10. The van der Waals surface area contributed by atoms with Gasteiger partial charge in [0.1, 0.15) is 6.61 Å². The third-order valence-electron chi connectivity index (χ3n) is 4.72. The Morgan fingerprint density at radius 1 is 1.03 bits per heavy atom. The summed E-state index contributed by atoms with van der Waals surface area (Å²) in [6.07, 6.45) is 1.72. The Balaban J connectivity index is 1.54. The SMILES string of the molecule is CCN(CC)CCOC(=O)c1ccc(NC(=O)c2cccc(Nc3nccs3)c2)cc1. The number of esters is 1. The quantitative estimate of drug-likeness (QED) is 0.449. The van der Waals surface area contributed by atoms with Gasteiger partial charge in [0.05, 0.1) is 5.56 Å². The van der Waals surface area contributed by atoms with Gasteiger partial charge in [-0.3, -0.25) is 4.79 Å². The lowest BCUT2D eigenvalue weighted by molar-refractivity contribution is 0.0466. The number of amides is 1. The van der Waals surface area contributed by atoms with Gasteiger partial charge >= 0.3 is 5.97 Å². The average molecular weight is 439 g/mol. The van der Waals surface area contributed by atoms with E-state index in [0.717, 1.165) is 23.9 Å². The van der Waals surface area contributed by atoms with Crippen molar-refractivity contribution in [1.82, 2.24) is 9.88 Å². The minimum atomic E-state index is -0.369. The molecule has 8 heteroatoms. The van der Waals surface area contributed by atoms with Crippen LogP contribution in [0.15, 0.2) is 60.1 Å². The number of carbonyl (C=O) groups excluding carboxylic acids is 2. The van der Waals surface area contributed by atoms with Crippen LogP contribution in [-0.4, -0.2) is 48.0 Å². The Bertz CT molecular complexity index is 986. The summed E-state index contributed by atoms with van der Waals surface area (Å²) in [6.45, 7) is 7.06. The van der Waals surface area contributed by atoms with E-state index in [2.05, 4.69) is 34.4 Å². The summed E-state index contributed by atoms with van der Waals surface area (Å²) < 4.78 is 5.33. The largest absolute Gasteiger partial charge is 0.461 e. The van der Waals surface area contributed by atoms with Crippen LogP contribution in [0.4, 0.5) is 16.5 Å². The highest BCUT2D eigenvalue weighted by atomic mass is 32.1. The third-order valence-corrected chi connectivity index (χ3v) is 5.41. The van der Waals surface area contributed by atoms with E-state index in [9.17, 15) is 9.59 Å². The second-order valence-corrected chi connectivity index (χ2v) is 7.63. The van der Waals surface area contributed by atoms with Crippen molar-refractivity contribution >= 4 is 39.7 Å². The molecule has 0 atom stereocenters. The van der Waals surface area contributed by atoms with Crippen LogP contribution < -0.4 is 10.6 Å². The molecule has 0 saturated carbocycles. The Labute approximate surface area is 186 Å². The molecule has 7 nitrogen and oxygen atoms in total. The first-order valence-corrected chi connectivity index (χ1v) is 11.0. The number of carbonyl (C=O) groups is 2. The lowest BCUT2D eigenvalue weighted by Crippen LogP contribution is -2.27. The van der Waals surface area contributed by atoms with E-state index in [1.165, 1.54) is 11.3 Å². The van der Waals surface area contributed by atoms with Gasteiger partial charge in [-0.1, -0.05) is 19.9 Å². The minimum Gasteiger partial charge on any atom is -0.461 e. The molecule has 1 amide bonds. The van der Waals surface area contributed by atoms with E-state index in [0.29, 0.717) is 30.0 Å². The van der Waals surface area contributed by atoms with Crippen molar-refractivity contribution in [2.75, 3.05) is 36.9 Å². The van der Waals surface area contributed by atoms with Crippen molar-refractivity contribution in [3.05, 3.63) is 71.2 Å². The third kappa shape index (κ3) is 6.63. The van der Waals surface area contributed by atoms with E-state index >= 15 is 0 Å². The number of nitrogens with zero attached hydrogens (tertiary/aromatic N) is 2. The maximum absolute atomic E-state index is 12.6. The van der Waals surface area contributed by atoms with Gasteiger partial charge in [-0.05, 0) is 55.6 Å². The number of thiazole rings is 1. The van der Waals surface area contributed by atoms with E-state index in [1.807, 2.05) is 17.5 Å². The summed E-state index contributed by atoms with van der Waals surface area (Å²) in [6, 6.07) is 13.9. The van der Waals surface area contributed by atoms with Gasteiger partial charge in [0.2, 0.25) is 0 Å². The molecule has 162 valence electrons. The monoisotopic (exact) mass is 438 g/mol. The number of anilines is 3. The lowest BCUT2D eigenvalue weighted by Gasteiger charge is -2.17. The zero-order valence-electron chi connectivity index (χ0n) is 17.6. The summed E-state index contributed by atoms with van der Waals surface area (Å²) in [4.78, 5) is 31.2.